The van der Waals surface area contributed by atoms with Crippen molar-refractivity contribution >= 4 is 11.8 Å². The molecule has 0 saturated carbocycles. The van der Waals surface area contributed by atoms with Crippen molar-refractivity contribution in [2.45, 2.75) is 25.1 Å². The van der Waals surface area contributed by atoms with E-state index in [-0.39, 0.29) is 11.6 Å². The van der Waals surface area contributed by atoms with Gasteiger partial charge in [-0.3, -0.25) is 5.32 Å². The lowest BCUT2D eigenvalue weighted by molar-refractivity contribution is -0.274. The molecule has 1 atom stereocenters. The van der Waals surface area contributed by atoms with E-state index in [1.165, 1.54) is 25.3 Å². The minimum atomic E-state index is -4.95. The van der Waals surface area contributed by atoms with Gasteiger partial charge in [-0.1, -0.05) is 6.07 Å². The maximum Gasteiger partial charge on any atom is 0.424 e. The summed E-state index contributed by atoms with van der Waals surface area (Å²) in [5.41, 5.74) is -3.18. The summed E-state index contributed by atoms with van der Waals surface area (Å²) < 4.78 is 44.6. The molecule has 2 aromatic heterocycles. The number of urea groups is 1. The summed E-state index contributed by atoms with van der Waals surface area (Å²) in [6, 6.07) is 6.48. The Bertz CT molecular complexity index is 688. The first-order valence-corrected chi connectivity index (χ1v) is 7.04. The third-order valence-electron chi connectivity index (χ3n) is 3.30. The van der Waals surface area contributed by atoms with E-state index in [0.29, 0.717) is 0 Å². The minimum absolute atomic E-state index is 0.244. The average Bonchev–Trinajstić information content (AvgIpc) is 2.94. The predicted molar refractivity (Wildman–Crippen MR) is 79.3 cm³/mol. The summed E-state index contributed by atoms with van der Waals surface area (Å²) in [7, 11) is 0. The van der Waals surface area contributed by atoms with Crippen molar-refractivity contribution in [2.24, 2.45) is 0 Å². The quantitative estimate of drug-likeness (QED) is 0.779. The van der Waals surface area contributed by atoms with Crippen molar-refractivity contribution in [3.8, 4) is 0 Å². The van der Waals surface area contributed by atoms with E-state index >= 15 is 0 Å². The van der Waals surface area contributed by atoms with Crippen molar-refractivity contribution in [3.63, 3.8) is 0 Å². The SMILES string of the molecule is Cc1ccc([C@](O)(CCNC(=O)Nc2ccccn2)C(F)(F)F)o1. The van der Waals surface area contributed by atoms with E-state index in [2.05, 4.69) is 15.6 Å². The highest BCUT2D eigenvalue weighted by molar-refractivity contribution is 5.88. The molecule has 0 aliphatic carbocycles. The number of nitrogens with one attached hydrogen (secondary N) is 2. The van der Waals surface area contributed by atoms with Gasteiger partial charge >= 0.3 is 12.2 Å². The second-order valence-electron chi connectivity index (χ2n) is 5.11. The van der Waals surface area contributed by atoms with Crippen LogP contribution in [0, 0.1) is 6.92 Å². The molecule has 0 aromatic carbocycles. The van der Waals surface area contributed by atoms with Gasteiger partial charge in [-0.25, -0.2) is 9.78 Å². The van der Waals surface area contributed by atoms with Gasteiger partial charge in [-0.15, -0.1) is 0 Å². The van der Waals surface area contributed by atoms with Gasteiger partial charge in [-0.2, -0.15) is 13.2 Å². The molecule has 2 rings (SSSR count). The average molecular weight is 343 g/mol. The van der Waals surface area contributed by atoms with Crippen LogP contribution in [0.4, 0.5) is 23.8 Å². The fourth-order valence-corrected chi connectivity index (χ4v) is 2.02. The molecule has 130 valence electrons. The van der Waals surface area contributed by atoms with Crippen molar-refractivity contribution < 1.29 is 27.5 Å². The van der Waals surface area contributed by atoms with Crippen LogP contribution in [0.25, 0.3) is 0 Å². The Kier molecular flexibility index (Phi) is 5.13. The van der Waals surface area contributed by atoms with Crippen molar-refractivity contribution in [2.75, 3.05) is 11.9 Å². The summed E-state index contributed by atoms with van der Waals surface area (Å²) in [5.74, 6) is -0.115. The van der Waals surface area contributed by atoms with E-state index in [0.717, 1.165) is 6.07 Å². The molecular formula is C15H16F3N3O3. The second-order valence-corrected chi connectivity index (χ2v) is 5.11. The molecule has 0 spiro atoms. The summed E-state index contributed by atoms with van der Waals surface area (Å²) in [5, 5.41) is 14.6. The lowest BCUT2D eigenvalue weighted by Gasteiger charge is -2.28. The first-order valence-electron chi connectivity index (χ1n) is 7.04. The van der Waals surface area contributed by atoms with Crippen LogP contribution in [-0.4, -0.2) is 28.8 Å². The highest BCUT2D eigenvalue weighted by Gasteiger charge is 2.56. The number of aromatic nitrogens is 1. The van der Waals surface area contributed by atoms with Gasteiger partial charge in [-0.05, 0) is 31.2 Å². The molecular weight excluding hydrogens is 327 g/mol. The van der Waals surface area contributed by atoms with Crippen LogP contribution in [0.3, 0.4) is 0 Å². The maximum absolute atomic E-state index is 13.2. The fourth-order valence-electron chi connectivity index (χ4n) is 2.02. The smallest absolute Gasteiger partial charge is 0.424 e. The maximum atomic E-state index is 13.2. The largest absolute Gasteiger partial charge is 0.463 e. The lowest BCUT2D eigenvalue weighted by atomic mass is 9.96. The molecule has 0 fully saturated rings. The third kappa shape index (κ3) is 4.05. The molecule has 9 heteroatoms. The highest BCUT2D eigenvalue weighted by atomic mass is 19.4. The zero-order valence-corrected chi connectivity index (χ0v) is 12.7. The fraction of sp³-hybridized carbons (Fsp3) is 0.333. The number of furan rings is 1. The number of aryl methyl sites for hydroxylation is 1. The Morgan fingerprint density at radius 2 is 2.04 bits per heavy atom. The van der Waals surface area contributed by atoms with Gasteiger partial charge in [0.25, 0.3) is 0 Å². The standard InChI is InChI=1S/C15H16F3N3O3/c1-10-5-6-11(24-10)14(23,15(16,17)18)7-9-20-13(22)21-12-4-2-3-8-19-12/h2-6,8,23H,7,9H2,1H3,(H2,19,20,21,22)/t14-/m1/s1. The number of aliphatic hydroxyl groups is 1. The van der Waals surface area contributed by atoms with Crippen molar-refractivity contribution in [1.82, 2.24) is 10.3 Å². The molecule has 0 radical (unpaired) electrons. The number of hydrogen-bond donors (Lipinski definition) is 3. The molecule has 0 saturated heterocycles. The van der Waals surface area contributed by atoms with Gasteiger partial charge in [0.1, 0.15) is 17.3 Å². The number of nitrogens with zero attached hydrogens (tertiary/aromatic N) is 1. The van der Waals surface area contributed by atoms with Gasteiger partial charge in [0, 0.05) is 19.2 Å². The monoisotopic (exact) mass is 343 g/mol. The molecule has 2 heterocycles. The van der Waals surface area contributed by atoms with E-state index in [9.17, 15) is 23.1 Å². The van der Waals surface area contributed by atoms with Crippen LogP contribution in [0.5, 0.6) is 0 Å². The van der Waals surface area contributed by atoms with Crippen LogP contribution in [0.15, 0.2) is 40.9 Å². The Morgan fingerprint density at radius 1 is 1.29 bits per heavy atom. The molecule has 0 aliphatic rings. The molecule has 0 unspecified atom stereocenters. The lowest BCUT2D eigenvalue weighted by Crippen LogP contribution is -2.45. The second kappa shape index (κ2) is 6.91. The van der Waals surface area contributed by atoms with Gasteiger partial charge in [0.2, 0.25) is 5.60 Å². The molecule has 0 bridgehead atoms. The van der Waals surface area contributed by atoms with E-state index in [1.807, 2.05) is 0 Å². The normalized spacial score (nSPS) is 14.0. The summed E-state index contributed by atoms with van der Waals surface area (Å²) in [6.45, 7) is 1.05. The molecule has 24 heavy (non-hydrogen) atoms. The highest BCUT2D eigenvalue weighted by Crippen LogP contribution is 2.41. The van der Waals surface area contributed by atoms with Crippen molar-refractivity contribution in [1.29, 1.82) is 0 Å². The number of halogens is 3. The third-order valence-corrected chi connectivity index (χ3v) is 3.30. The van der Waals surface area contributed by atoms with Gasteiger partial charge < -0.3 is 14.8 Å². The first kappa shape index (κ1) is 17.8. The van der Waals surface area contributed by atoms with Crippen LogP contribution in [-0.2, 0) is 5.60 Å². The Labute approximate surface area is 135 Å². The number of alkyl halides is 3. The number of pyridine rings is 1. The van der Waals surface area contributed by atoms with Crippen molar-refractivity contribution in [3.05, 3.63) is 48.0 Å². The van der Waals surface area contributed by atoms with Gasteiger partial charge in [0.15, 0.2) is 0 Å². The summed E-state index contributed by atoms with van der Waals surface area (Å²) >= 11 is 0. The van der Waals surface area contributed by atoms with E-state index in [4.69, 9.17) is 4.42 Å². The van der Waals surface area contributed by atoms with Crippen LogP contribution in [0.2, 0.25) is 0 Å². The number of rotatable bonds is 5. The Morgan fingerprint density at radius 3 is 2.58 bits per heavy atom. The summed E-state index contributed by atoms with van der Waals surface area (Å²) in [6.07, 6.45) is -4.28. The number of carbonyl (C=O) groups is 1. The molecule has 2 amide bonds. The Hall–Kier alpha value is -2.55. The summed E-state index contributed by atoms with van der Waals surface area (Å²) in [4.78, 5) is 15.5. The topological polar surface area (TPSA) is 87.4 Å². The molecule has 2 aromatic rings. The molecule has 0 aliphatic heterocycles. The molecule has 6 nitrogen and oxygen atoms in total. The first-order chi connectivity index (χ1) is 11.2. The van der Waals surface area contributed by atoms with Crippen LogP contribution < -0.4 is 10.6 Å². The zero-order valence-electron chi connectivity index (χ0n) is 12.7. The van der Waals surface area contributed by atoms with E-state index in [1.54, 1.807) is 12.1 Å². The number of amides is 2. The number of hydrogen-bond acceptors (Lipinski definition) is 4. The predicted octanol–water partition coefficient (Wildman–Crippen LogP) is 2.94. The number of anilines is 1. The minimum Gasteiger partial charge on any atom is -0.463 e. The van der Waals surface area contributed by atoms with Crippen LogP contribution >= 0.6 is 0 Å². The molecule has 3 N–H and O–H groups in total. The Balaban J connectivity index is 1.98. The zero-order chi connectivity index (χ0) is 17.8. The van der Waals surface area contributed by atoms with Crippen LogP contribution in [0.1, 0.15) is 17.9 Å². The number of carbonyl (C=O) groups excluding carboxylic acids is 1. The van der Waals surface area contributed by atoms with E-state index < -0.39 is 36.5 Å². The van der Waals surface area contributed by atoms with Gasteiger partial charge in [0.05, 0.1) is 0 Å².